The molecule has 0 saturated heterocycles. The van der Waals surface area contributed by atoms with Gasteiger partial charge in [-0.3, -0.25) is 4.99 Å². The molecule has 0 bridgehead atoms. The molecular weight excluding hydrogens is 382 g/mol. The van der Waals surface area contributed by atoms with Gasteiger partial charge in [0.15, 0.2) is 0 Å². The number of rotatable bonds is 6. The van der Waals surface area contributed by atoms with Crippen molar-refractivity contribution < 1.29 is 13.5 Å². The molecule has 1 aromatic heterocycles. The highest BCUT2D eigenvalue weighted by molar-refractivity contribution is 7.07. The molecule has 0 atom stereocenters. The molecule has 0 amide bonds. The third-order valence-electron chi connectivity index (χ3n) is 3.72. The quantitative estimate of drug-likeness (QED) is 0.574. The number of thiazole rings is 1. The lowest BCUT2D eigenvalue weighted by atomic mass is 10.1. The van der Waals surface area contributed by atoms with E-state index in [1.165, 1.54) is 23.5 Å². The summed E-state index contributed by atoms with van der Waals surface area (Å²) in [5, 5.41) is 15.3. The Balaban J connectivity index is 1.95. The van der Waals surface area contributed by atoms with Crippen molar-refractivity contribution in [3.8, 4) is 23.1 Å². The van der Waals surface area contributed by atoms with Gasteiger partial charge < -0.3 is 4.74 Å². The first-order chi connectivity index (χ1) is 13.6. The Hall–Kier alpha value is -3.31. The Morgan fingerprint density at radius 1 is 1.18 bits per heavy atom. The van der Waals surface area contributed by atoms with Gasteiger partial charge in [-0.05, 0) is 48.9 Å². The summed E-state index contributed by atoms with van der Waals surface area (Å²) in [4.78, 5) is 5.17. The van der Waals surface area contributed by atoms with Crippen molar-refractivity contribution in [3.05, 3.63) is 69.8 Å². The molecular formula is C20H16F2N4OS. The molecule has 3 aromatic rings. The minimum Gasteiger partial charge on any atom is -0.435 e. The van der Waals surface area contributed by atoms with Gasteiger partial charge >= 0.3 is 6.61 Å². The summed E-state index contributed by atoms with van der Waals surface area (Å²) in [5.74, 6) is 0.0973. The molecule has 3 rings (SSSR count). The monoisotopic (exact) mass is 398 g/mol. The van der Waals surface area contributed by atoms with Crippen molar-refractivity contribution in [2.24, 2.45) is 10.1 Å². The zero-order valence-electron chi connectivity index (χ0n) is 14.9. The van der Waals surface area contributed by atoms with Crippen molar-refractivity contribution in [3.63, 3.8) is 0 Å². The summed E-state index contributed by atoms with van der Waals surface area (Å²) in [7, 11) is 0. The van der Waals surface area contributed by atoms with Crippen LogP contribution in [-0.2, 0) is 0 Å². The third-order valence-corrected chi connectivity index (χ3v) is 4.57. The van der Waals surface area contributed by atoms with E-state index in [1.807, 2.05) is 24.4 Å². The van der Waals surface area contributed by atoms with E-state index in [0.29, 0.717) is 12.1 Å². The van der Waals surface area contributed by atoms with Crippen LogP contribution in [0, 0.1) is 11.3 Å². The van der Waals surface area contributed by atoms with Gasteiger partial charge in [-0.25, -0.2) is 4.68 Å². The number of aromatic nitrogens is 1. The van der Waals surface area contributed by atoms with Crippen LogP contribution in [0.2, 0.25) is 0 Å². The highest BCUT2D eigenvalue weighted by Crippen LogP contribution is 2.24. The molecule has 0 saturated carbocycles. The van der Waals surface area contributed by atoms with Gasteiger partial charge in [0.05, 0.1) is 23.5 Å². The minimum absolute atomic E-state index is 0.0973. The first kappa shape index (κ1) is 19.5. The van der Waals surface area contributed by atoms with Crippen LogP contribution < -0.4 is 9.54 Å². The van der Waals surface area contributed by atoms with Crippen LogP contribution in [0.3, 0.4) is 0 Å². The lowest BCUT2D eigenvalue weighted by molar-refractivity contribution is -0.0498. The van der Waals surface area contributed by atoms with Crippen molar-refractivity contribution >= 4 is 17.6 Å². The highest BCUT2D eigenvalue weighted by atomic mass is 32.1. The van der Waals surface area contributed by atoms with Crippen LogP contribution in [0.1, 0.15) is 18.1 Å². The second-order valence-corrected chi connectivity index (χ2v) is 6.41. The molecule has 0 unspecified atom stereocenters. The minimum atomic E-state index is -2.86. The van der Waals surface area contributed by atoms with Gasteiger partial charge in [0.1, 0.15) is 5.75 Å². The number of hydrogen-bond acceptors (Lipinski definition) is 5. The topological polar surface area (TPSA) is 62.7 Å². The fourth-order valence-corrected chi connectivity index (χ4v) is 3.33. The Bertz CT molecular complexity index is 1060. The second-order valence-electron chi connectivity index (χ2n) is 5.57. The Kier molecular flexibility index (Phi) is 6.29. The fourth-order valence-electron chi connectivity index (χ4n) is 2.43. The molecule has 142 valence electrons. The lowest BCUT2D eigenvalue weighted by Gasteiger charge is -2.06. The van der Waals surface area contributed by atoms with Gasteiger partial charge in [0, 0.05) is 17.5 Å². The second kappa shape index (κ2) is 9.06. The molecule has 1 heterocycles. The van der Waals surface area contributed by atoms with Crippen LogP contribution in [0.5, 0.6) is 5.75 Å². The molecule has 0 aliphatic rings. The van der Waals surface area contributed by atoms with Crippen molar-refractivity contribution in [1.29, 1.82) is 5.26 Å². The Morgan fingerprint density at radius 2 is 1.89 bits per heavy atom. The SMILES string of the molecule is CCN=c1scc(-c2ccc(OC(F)F)cc2)n1N=Cc1ccc(C#N)cc1. The van der Waals surface area contributed by atoms with Crippen LogP contribution in [0.25, 0.3) is 11.3 Å². The normalized spacial score (nSPS) is 11.9. The zero-order valence-corrected chi connectivity index (χ0v) is 15.7. The maximum absolute atomic E-state index is 12.3. The van der Waals surface area contributed by atoms with E-state index in [1.54, 1.807) is 35.2 Å². The number of nitrogens with zero attached hydrogens (tertiary/aromatic N) is 4. The average molecular weight is 398 g/mol. The van der Waals surface area contributed by atoms with Gasteiger partial charge in [-0.1, -0.05) is 12.1 Å². The number of nitriles is 1. The summed E-state index contributed by atoms with van der Waals surface area (Å²) in [6, 6.07) is 15.5. The van der Waals surface area contributed by atoms with E-state index in [2.05, 4.69) is 20.9 Å². The van der Waals surface area contributed by atoms with E-state index in [0.717, 1.165) is 21.6 Å². The highest BCUT2D eigenvalue weighted by Gasteiger charge is 2.09. The molecule has 0 radical (unpaired) electrons. The van der Waals surface area contributed by atoms with Crippen LogP contribution in [-0.4, -0.2) is 24.0 Å². The molecule has 0 aliphatic carbocycles. The van der Waals surface area contributed by atoms with Crippen molar-refractivity contribution in [2.45, 2.75) is 13.5 Å². The predicted molar refractivity (Wildman–Crippen MR) is 105 cm³/mol. The van der Waals surface area contributed by atoms with E-state index >= 15 is 0 Å². The van der Waals surface area contributed by atoms with Gasteiger partial charge in [-0.2, -0.15) is 19.1 Å². The Labute approximate surface area is 164 Å². The molecule has 8 heteroatoms. The molecule has 0 aliphatic heterocycles. The van der Waals surface area contributed by atoms with Gasteiger partial charge in [0.25, 0.3) is 0 Å². The first-order valence-electron chi connectivity index (χ1n) is 8.41. The van der Waals surface area contributed by atoms with Crippen LogP contribution in [0.4, 0.5) is 8.78 Å². The maximum atomic E-state index is 12.3. The average Bonchev–Trinajstić information content (AvgIpc) is 3.10. The lowest BCUT2D eigenvalue weighted by Crippen LogP contribution is -2.12. The molecule has 0 fully saturated rings. The van der Waals surface area contributed by atoms with Crippen molar-refractivity contribution in [2.75, 3.05) is 6.54 Å². The maximum Gasteiger partial charge on any atom is 0.387 e. The third kappa shape index (κ3) is 4.69. The molecule has 2 aromatic carbocycles. The van der Waals surface area contributed by atoms with E-state index in [-0.39, 0.29) is 5.75 Å². The van der Waals surface area contributed by atoms with E-state index < -0.39 is 6.61 Å². The number of hydrogen-bond donors (Lipinski definition) is 0. The molecule has 0 spiro atoms. The first-order valence-corrected chi connectivity index (χ1v) is 9.29. The summed E-state index contributed by atoms with van der Waals surface area (Å²) in [6.07, 6.45) is 1.68. The summed E-state index contributed by atoms with van der Waals surface area (Å²) in [5.41, 5.74) is 3.00. The largest absolute Gasteiger partial charge is 0.435 e. The van der Waals surface area contributed by atoms with Crippen LogP contribution >= 0.6 is 11.3 Å². The van der Waals surface area contributed by atoms with Crippen LogP contribution in [0.15, 0.2) is 64.0 Å². The number of benzene rings is 2. The Morgan fingerprint density at radius 3 is 2.50 bits per heavy atom. The molecule has 0 N–H and O–H groups in total. The van der Waals surface area contributed by atoms with Gasteiger partial charge in [-0.15, -0.1) is 11.3 Å². The standard InChI is InChI=1S/C20H16F2N4OS/c1-2-24-20-26(25-12-15-5-3-14(11-23)4-6-15)18(13-28-20)16-7-9-17(10-8-16)27-19(21)22/h3-10,12-13,19H,2H2,1H3. The summed E-state index contributed by atoms with van der Waals surface area (Å²) >= 11 is 1.44. The van der Waals surface area contributed by atoms with Crippen molar-refractivity contribution in [1.82, 2.24) is 4.68 Å². The fraction of sp³-hybridized carbons (Fsp3) is 0.150. The van der Waals surface area contributed by atoms with E-state index in [4.69, 9.17) is 5.26 Å². The van der Waals surface area contributed by atoms with Gasteiger partial charge in [0.2, 0.25) is 4.80 Å². The number of ether oxygens (including phenoxy) is 1. The smallest absolute Gasteiger partial charge is 0.387 e. The van der Waals surface area contributed by atoms with E-state index in [9.17, 15) is 8.78 Å². The zero-order chi connectivity index (χ0) is 19.9. The summed E-state index contributed by atoms with van der Waals surface area (Å²) < 4.78 is 30.8. The summed E-state index contributed by atoms with van der Waals surface area (Å²) in [6.45, 7) is -0.318. The number of halogens is 2. The molecule has 5 nitrogen and oxygen atoms in total. The molecule has 28 heavy (non-hydrogen) atoms. The number of alkyl halides is 2. The predicted octanol–water partition coefficient (Wildman–Crippen LogP) is 4.49.